The molecule has 1 fully saturated rings. The third kappa shape index (κ3) is 2.40. The Morgan fingerprint density at radius 1 is 1.35 bits per heavy atom. The zero-order chi connectivity index (χ0) is 14.3. The predicted octanol–water partition coefficient (Wildman–Crippen LogP) is 4.17. The largest absolute Gasteiger partial charge is 0.339 e. The molecule has 20 heavy (non-hydrogen) atoms. The molecule has 0 bridgehead atoms. The average Bonchev–Trinajstić information content (AvgIpc) is 3.20. The summed E-state index contributed by atoms with van der Waals surface area (Å²) in [6.07, 6.45) is 4.33. The summed E-state index contributed by atoms with van der Waals surface area (Å²) in [5, 5.41) is 0. The van der Waals surface area contributed by atoms with E-state index in [4.69, 9.17) is 0 Å². The number of aromatic nitrogens is 1. The Bertz CT molecular complexity index is 658. The van der Waals surface area contributed by atoms with Gasteiger partial charge >= 0.3 is 0 Å². The minimum Gasteiger partial charge on any atom is -0.339 e. The van der Waals surface area contributed by atoms with E-state index in [1.165, 1.54) is 0 Å². The first kappa shape index (κ1) is 13.4. The summed E-state index contributed by atoms with van der Waals surface area (Å²) >= 11 is 3.48. The fourth-order valence-corrected chi connectivity index (χ4v) is 2.93. The minimum atomic E-state index is 0.0388. The predicted molar refractivity (Wildman–Crippen MR) is 84.3 cm³/mol. The lowest BCUT2D eigenvalue weighted by atomic mass is 10.2. The fourth-order valence-electron chi connectivity index (χ4n) is 2.49. The number of rotatable bonds is 3. The molecule has 0 spiro atoms. The zero-order valence-electron chi connectivity index (χ0n) is 11.6. The number of nitrogens with zero attached hydrogens (tertiary/aromatic N) is 2. The number of para-hydroxylation sites is 1. The van der Waals surface area contributed by atoms with Gasteiger partial charge in [-0.15, -0.1) is 0 Å². The smallest absolute Gasteiger partial charge is 0.274 e. The molecule has 1 aromatic carbocycles. The number of halogens is 1. The van der Waals surface area contributed by atoms with Gasteiger partial charge in [-0.3, -0.25) is 4.79 Å². The fraction of sp³-hybridized carbons (Fsp3) is 0.312. The van der Waals surface area contributed by atoms with Crippen molar-refractivity contribution in [3.05, 3.63) is 52.3 Å². The number of anilines is 1. The van der Waals surface area contributed by atoms with Crippen LogP contribution in [0, 0.1) is 6.92 Å². The Balaban J connectivity index is 1.94. The van der Waals surface area contributed by atoms with E-state index < -0.39 is 0 Å². The minimum absolute atomic E-state index is 0.0388. The number of hydrogen-bond donors (Lipinski definition) is 0. The molecular weight excluding hydrogens is 316 g/mol. The lowest BCUT2D eigenvalue weighted by Crippen LogP contribution is -2.28. The summed E-state index contributed by atoms with van der Waals surface area (Å²) in [6.45, 7) is 2.02. The standard InChI is InChI=1S/C16H17BrN2O/c1-11-5-3-4-6-14(11)18(2)16(20)15-9-12(17)10-19(15)13-7-8-13/h3-6,9-10,13H,7-8H2,1-2H3. The van der Waals surface area contributed by atoms with Crippen LogP contribution in [0.2, 0.25) is 0 Å². The lowest BCUT2D eigenvalue weighted by Gasteiger charge is -2.20. The number of aryl methyl sites for hydroxylation is 1. The van der Waals surface area contributed by atoms with Crippen LogP contribution < -0.4 is 4.90 Å². The molecular formula is C16H17BrN2O. The van der Waals surface area contributed by atoms with Crippen molar-refractivity contribution in [3.8, 4) is 0 Å². The molecule has 0 saturated heterocycles. The van der Waals surface area contributed by atoms with E-state index in [0.29, 0.717) is 6.04 Å². The number of carbonyl (C=O) groups excluding carboxylic acids is 1. The number of carbonyl (C=O) groups is 1. The van der Waals surface area contributed by atoms with Crippen LogP contribution in [-0.4, -0.2) is 17.5 Å². The molecule has 0 aliphatic heterocycles. The van der Waals surface area contributed by atoms with Gasteiger partial charge in [0.15, 0.2) is 0 Å². The highest BCUT2D eigenvalue weighted by Crippen LogP contribution is 2.38. The number of hydrogen-bond acceptors (Lipinski definition) is 1. The van der Waals surface area contributed by atoms with Crippen LogP contribution in [0.5, 0.6) is 0 Å². The molecule has 0 atom stereocenters. The second kappa shape index (κ2) is 5.09. The van der Waals surface area contributed by atoms with Crippen LogP contribution in [0.1, 0.15) is 34.9 Å². The summed E-state index contributed by atoms with van der Waals surface area (Å²) in [5.74, 6) is 0.0388. The van der Waals surface area contributed by atoms with Crippen molar-refractivity contribution >= 4 is 27.5 Å². The van der Waals surface area contributed by atoms with Gasteiger partial charge in [-0.2, -0.15) is 0 Å². The van der Waals surface area contributed by atoms with E-state index >= 15 is 0 Å². The van der Waals surface area contributed by atoms with Gasteiger partial charge in [0.05, 0.1) is 0 Å². The molecule has 1 saturated carbocycles. The summed E-state index contributed by atoms with van der Waals surface area (Å²) < 4.78 is 3.06. The van der Waals surface area contributed by atoms with Crippen LogP contribution in [0.15, 0.2) is 41.0 Å². The molecule has 0 radical (unpaired) electrons. The molecule has 3 rings (SSSR count). The van der Waals surface area contributed by atoms with Gasteiger partial charge in [-0.25, -0.2) is 0 Å². The number of benzene rings is 1. The van der Waals surface area contributed by atoms with E-state index in [1.54, 1.807) is 4.90 Å². The molecule has 3 nitrogen and oxygen atoms in total. The van der Waals surface area contributed by atoms with Gasteiger partial charge in [0.1, 0.15) is 5.69 Å². The van der Waals surface area contributed by atoms with Gasteiger partial charge < -0.3 is 9.47 Å². The van der Waals surface area contributed by atoms with Crippen molar-refractivity contribution in [1.82, 2.24) is 4.57 Å². The Morgan fingerprint density at radius 2 is 2.05 bits per heavy atom. The molecule has 1 aliphatic carbocycles. The quantitative estimate of drug-likeness (QED) is 0.828. The zero-order valence-corrected chi connectivity index (χ0v) is 13.2. The van der Waals surface area contributed by atoms with Crippen molar-refractivity contribution in [2.75, 3.05) is 11.9 Å². The summed E-state index contributed by atoms with van der Waals surface area (Å²) in [5.41, 5.74) is 2.81. The Hall–Kier alpha value is -1.55. The summed E-state index contributed by atoms with van der Waals surface area (Å²) in [7, 11) is 1.84. The Labute approximate surface area is 127 Å². The van der Waals surface area contributed by atoms with E-state index in [1.807, 2.05) is 50.5 Å². The first-order chi connectivity index (χ1) is 9.58. The maximum Gasteiger partial charge on any atom is 0.274 e. The van der Waals surface area contributed by atoms with Crippen molar-refractivity contribution < 1.29 is 4.79 Å². The maximum atomic E-state index is 12.7. The van der Waals surface area contributed by atoms with Gasteiger partial charge in [0.2, 0.25) is 0 Å². The van der Waals surface area contributed by atoms with E-state index in [0.717, 1.165) is 34.3 Å². The third-order valence-electron chi connectivity index (χ3n) is 3.76. The lowest BCUT2D eigenvalue weighted by molar-refractivity contribution is 0.0984. The highest BCUT2D eigenvalue weighted by molar-refractivity contribution is 9.10. The van der Waals surface area contributed by atoms with Gasteiger partial charge in [-0.1, -0.05) is 18.2 Å². The van der Waals surface area contributed by atoms with Crippen molar-refractivity contribution in [2.24, 2.45) is 0 Å². The topological polar surface area (TPSA) is 25.2 Å². The normalized spacial score (nSPS) is 14.3. The van der Waals surface area contributed by atoms with Crippen molar-refractivity contribution in [2.45, 2.75) is 25.8 Å². The molecule has 1 aromatic heterocycles. The SMILES string of the molecule is Cc1ccccc1N(C)C(=O)c1cc(Br)cn1C1CC1. The highest BCUT2D eigenvalue weighted by atomic mass is 79.9. The maximum absolute atomic E-state index is 12.7. The van der Waals surface area contributed by atoms with Gasteiger partial charge in [0, 0.05) is 29.4 Å². The molecule has 1 amide bonds. The Kier molecular flexibility index (Phi) is 3.42. The van der Waals surface area contributed by atoms with Crippen LogP contribution in [0.3, 0.4) is 0 Å². The average molecular weight is 333 g/mol. The second-order valence-electron chi connectivity index (χ2n) is 5.33. The monoisotopic (exact) mass is 332 g/mol. The molecule has 104 valence electrons. The molecule has 2 aromatic rings. The Morgan fingerprint density at radius 3 is 2.70 bits per heavy atom. The van der Waals surface area contributed by atoms with E-state index in [-0.39, 0.29) is 5.91 Å². The molecule has 1 heterocycles. The molecule has 0 N–H and O–H groups in total. The van der Waals surface area contributed by atoms with Gasteiger partial charge in [-0.05, 0) is 53.4 Å². The molecule has 0 unspecified atom stereocenters. The summed E-state index contributed by atoms with van der Waals surface area (Å²) in [4.78, 5) is 14.5. The van der Waals surface area contributed by atoms with E-state index in [2.05, 4.69) is 20.5 Å². The van der Waals surface area contributed by atoms with Crippen LogP contribution in [0.4, 0.5) is 5.69 Å². The second-order valence-corrected chi connectivity index (χ2v) is 6.25. The van der Waals surface area contributed by atoms with E-state index in [9.17, 15) is 4.79 Å². The molecule has 1 aliphatic rings. The summed E-state index contributed by atoms with van der Waals surface area (Å²) in [6, 6.07) is 10.4. The van der Waals surface area contributed by atoms with Crippen molar-refractivity contribution in [3.63, 3.8) is 0 Å². The first-order valence-electron chi connectivity index (χ1n) is 6.79. The number of amides is 1. The van der Waals surface area contributed by atoms with Crippen LogP contribution >= 0.6 is 15.9 Å². The van der Waals surface area contributed by atoms with Crippen LogP contribution in [-0.2, 0) is 0 Å². The third-order valence-corrected chi connectivity index (χ3v) is 4.19. The van der Waals surface area contributed by atoms with Crippen molar-refractivity contribution in [1.29, 1.82) is 0 Å². The molecule has 4 heteroatoms. The highest BCUT2D eigenvalue weighted by Gasteiger charge is 2.29. The van der Waals surface area contributed by atoms with Crippen LogP contribution in [0.25, 0.3) is 0 Å². The first-order valence-corrected chi connectivity index (χ1v) is 7.58. The van der Waals surface area contributed by atoms with Gasteiger partial charge in [0.25, 0.3) is 5.91 Å².